The first-order valence-corrected chi connectivity index (χ1v) is 8.92. The zero-order valence-electron chi connectivity index (χ0n) is 14.5. The van der Waals surface area contributed by atoms with Gasteiger partial charge in [0.05, 0.1) is 31.5 Å². The van der Waals surface area contributed by atoms with Gasteiger partial charge in [-0.15, -0.1) is 24.0 Å². The minimum atomic E-state index is 0. The molecule has 4 heterocycles. The van der Waals surface area contributed by atoms with Crippen molar-refractivity contribution in [1.29, 1.82) is 0 Å². The zero-order chi connectivity index (χ0) is 15.8. The highest BCUT2D eigenvalue weighted by Gasteiger charge is 2.53. The van der Waals surface area contributed by atoms with E-state index >= 15 is 0 Å². The van der Waals surface area contributed by atoms with Gasteiger partial charge in [0.25, 0.3) is 0 Å². The lowest BCUT2D eigenvalue weighted by atomic mass is 9.82. The molecule has 2 bridgehead atoms. The molecular weight excluding hydrogens is 417 g/mol. The van der Waals surface area contributed by atoms with Crippen molar-refractivity contribution in [2.24, 2.45) is 16.8 Å². The van der Waals surface area contributed by atoms with Crippen molar-refractivity contribution in [3.05, 3.63) is 18.0 Å². The van der Waals surface area contributed by atoms with E-state index in [-0.39, 0.29) is 24.0 Å². The fourth-order valence-corrected chi connectivity index (χ4v) is 4.41. The molecule has 0 radical (unpaired) electrons. The predicted molar refractivity (Wildman–Crippen MR) is 105 cm³/mol. The number of likely N-dealkylation sites (tertiary alicyclic amines) is 1. The van der Waals surface area contributed by atoms with Gasteiger partial charge in [-0.3, -0.25) is 9.67 Å². The van der Waals surface area contributed by atoms with Crippen LogP contribution in [0.2, 0.25) is 0 Å². The van der Waals surface area contributed by atoms with Crippen molar-refractivity contribution >= 4 is 29.9 Å². The van der Waals surface area contributed by atoms with E-state index in [1.807, 2.05) is 10.9 Å². The lowest BCUT2D eigenvalue weighted by molar-refractivity contribution is 0.0767. The highest BCUT2D eigenvalue weighted by atomic mass is 127. The first-order chi connectivity index (χ1) is 11.2. The SMILES string of the molecule is CCNC(=NCCn1cc(C)cn1)N1CC2C3CCC(O3)C2C1.I. The Labute approximate surface area is 161 Å². The van der Waals surface area contributed by atoms with Crippen molar-refractivity contribution in [2.75, 3.05) is 26.2 Å². The molecule has 134 valence electrons. The molecule has 4 unspecified atom stereocenters. The number of fused-ring (bicyclic) bond motifs is 5. The van der Waals surface area contributed by atoms with Crippen LogP contribution in [-0.4, -0.2) is 59.0 Å². The summed E-state index contributed by atoms with van der Waals surface area (Å²) in [5.74, 6) is 2.49. The number of ether oxygens (including phenoxy) is 1. The maximum atomic E-state index is 6.07. The second kappa shape index (κ2) is 7.59. The van der Waals surface area contributed by atoms with Gasteiger partial charge in [0.2, 0.25) is 0 Å². The van der Waals surface area contributed by atoms with E-state index < -0.39 is 0 Å². The summed E-state index contributed by atoms with van der Waals surface area (Å²) >= 11 is 0. The Kier molecular flexibility index (Phi) is 5.69. The Hall–Kier alpha value is -0.830. The molecule has 24 heavy (non-hydrogen) atoms. The van der Waals surface area contributed by atoms with Gasteiger partial charge in [0, 0.05) is 37.7 Å². The van der Waals surface area contributed by atoms with Crippen LogP contribution in [0.15, 0.2) is 17.4 Å². The maximum absolute atomic E-state index is 6.07. The fourth-order valence-electron chi connectivity index (χ4n) is 4.41. The van der Waals surface area contributed by atoms with Gasteiger partial charge in [0.15, 0.2) is 5.96 Å². The lowest BCUT2D eigenvalue weighted by Gasteiger charge is -2.23. The van der Waals surface area contributed by atoms with Crippen LogP contribution in [0, 0.1) is 18.8 Å². The number of nitrogens with one attached hydrogen (secondary N) is 1. The van der Waals surface area contributed by atoms with Crippen molar-refractivity contribution in [2.45, 2.75) is 45.4 Å². The average molecular weight is 445 g/mol. The maximum Gasteiger partial charge on any atom is 0.194 e. The number of aromatic nitrogens is 2. The summed E-state index contributed by atoms with van der Waals surface area (Å²) in [5.41, 5.74) is 1.20. The number of nitrogens with zero attached hydrogens (tertiary/aromatic N) is 4. The minimum Gasteiger partial charge on any atom is -0.374 e. The Morgan fingerprint density at radius 1 is 1.33 bits per heavy atom. The van der Waals surface area contributed by atoms with Crippen LogP contribution in [0.1, 0.15) is 25.3 Å². The minimum absolute atomic E-state index is 0. The Morgan fingerprint density at radius 2 is 2.04 bits per heavy atom. The molecule has 1 aromatic rings. The highest BCUT2D eigenvalue weighted by Crippen LogP contribution is 2.47. The van der Waals surface area contributed by atoms with E-state index in [0.717, 1.165) is 38.7 Å². The predicted octanol–water partition coefficient (Wildman–Crippen LogP) is 1.88. The van der Waals surface area contributed by atoms with E-state index in [1.54, 1.807) is 0 Å². The number of guanidine groups is 1. The number of rotatable bonds is 4. The molecule has 4 rings (SSSR count). The summed E-state index contributed by atoms with van der Waals surface area (Å²) < 4.78 is 8.04. The molecule has 6 nitrogen and oxygen atoms in total. The van der Waals surface area contributed by atoms with E-state index in [1.165, 1.54) is 18.4 Å². The zero-order valence-corrected chi connectivity index (χ0v) is 16.8. The van der Waals surface area contributed by atoms with Gasteiger partial charge in [-0.1, -0.05) is 0 Å². The molecule has 3 aliphatic rings. The summed E-state index contributed by atoms with van der Waals surface area (Å²) in [5, 5.41) is 7.79. The van der Waals surface area contributed by atoms with Crippen LogP contribution in [0.5, 0.6) is 0 Å². The van der Waals surface area contributed by atoms with Crippen LogP contribution in [-0.2, 0) is 11.3 Å². The monoisotopic (exact) mass is 445 g/mol. The van der Waals surface area contributed by atoms with Crippen molar-refractivity contribution in [3.8, 4) is 0 Å². The third kappa shape index (κ3) is 3.42. The summed E-state index contributed by atoms with van der Waals surface area (Å²) in [6.07, 6.45) is 7.48. The van der Waals surface area contributed by atoms with Crippen LogP contribution >= 0.6 is 24.0 Å². The van der Waals surface area contributed by atoms with Crippen LogP contribution < -0.4 is 5.32 Å². The first kappa shape index (κ1) is 18.0. The topological polar surface area (TPSA) is 54.7 Å². The summed E-state index contributed by atoms with van der Waals surface area (Å²) in [6, 6.07) is 0. The van der Waals surface area contributed by atoms with E-state index in [9.17, 15) is 0 Å². The van der Waals surface area contributed by atoms with E-state index in [4.69, 9.17) is 9.73 Å². The van der Waals surface area contributed by atoms with E-state index in [0.29, 0.717) is 24.0 Å². The Bertz CT molecular complexity index is 571. The molecular formula is C17H28IN5O. The summed E-state index contributed by atoms with van der Waals surface area (Å²) in [4.78, 5) is 7.27. The molecule has 0 amide bonds. The number of aryl methyl sites for hydroxylation is 1. The second-order valence-electron chi connectivity index (χ2n) is 7.04. The first-order valence-electron chi connectivity index (χ1n) is 8.92. The molecule has 1 N–H and O–H groups in total. The van der Waals surface area contributed by atoms with E-state index in [2.05, 4.69) is 35.4 Å². The average Bonchev–Trinajstić information content (AvgIpc) is 3.28. The largest absolute Gasteiger partial charge is 0.374 e. The van der Waals surface area contributed by atoms with Gasteiger partial charge in [-0.2, -0.15) is 5.10 Å². The molecule has 3 fully saturated rings. The molecule has 7 heteroatoms. The van der Waals surface area contributed by atoms with Gasteiger partial charge in [0.1, 0.15) is 0 Å². The molecule has 0 aromatic carbocycles. The quantitative estimate of drug-likeness (QED) is 0.437. The number of aliphatic imine (C=N–C) groups is 1. The third-order valence-electron chi connectivity index (χ3n) is 5.44. The van der Waals surface area contributed by atoms with Gasteiger partial charge >= 0.3 is 0 Å². The number of halogens is 1. The molecule has 0 aliphatic carbocycles. The fraction of sp³-hybridized carbons (Fsp3) is 0.765. The molecule has 3 saturated heterocycles. The second-order valence-corrected chi connectivity index (χ2v) is 7.04. The molecule has 0 spiro atoms. The Morgan fingerprint density at radius 3 is 2.62 bits per heavy atom. The third-order valence-corrected chi connectivity index (χ3v) is 5.44. The van der Waals surface area contributed by atoms with Crippen molar-refractivity contribution < 1.29 is 4.74 Å². The van der Waals surface area contributed by atoms with Gasteiger partial charge < -0.3 is 15.0 Å². The molecule has 3 aliphatic heterocycles. The Balaban J connectivity index is 0.00000169. The summed E-state index contributed by atoms with van der Waals surface area (Å²) in [6.45, 7) is 8.90. The van der Waals surface area contributed by atoms with Crippen LogP contribution in [0.3, 0.4) is 0 Å². The lowest BCUT2D eigenvalue weighted by Crippen LogP contribution is -2.41. The molecule has 4 atom stereocenters. The molecule has 1 aromatic heterocycles. The number of hydrogen-bond donors (Lipinski definition) is 1. The highest BCUT2D eigenvalue weighted by molar-refractivity contribution is 14.0. The summed E-state index contributed by atoms with van der Waals surface area (Å²) in [7, 11) is 0. The van der Waals surface area contributed by atoms with Gasteiger partial charge in [-0.05, 0) is 32.3 Å². The molecule has 0 saturated carbocycles. The normalized spacial score (nSPS) is 31.2. The van der Waals surface area contributed by atoms with Gasteiger partial charge in [-0.25, -0.2) is 0 Å². The number of hydrogen-bond acceptors (Lipinski definition) is 3. The van der Waals surface area contributed by atoms with Crippen LogP contribution in [0.25, 0.3) is 0 Å². The van der Waals surface area contributed by atoms with Crippen molar-refractivity contribution in [1.82, 2.24) is 20.0 Å². The van der Waals surface area contributed by atoms with Crippen LogP contribution in [0.4, 0.5) is 0 Å². The smallest absolute Gasteiger partial charge is 0.194 e. The standard InChI is InChI=1S/C17H27N5O.HI/c1-3-18-17(19-6-7-22-9-12(2)8-20-22)21-10-13-14(11-21)16-5-4-15(13)23-16;/h8-9,13-16H,3-7,10-11H2,1-2H3,(H,18,19);1H. The van der Waals surface area contributed by atoms with Crippen molar-refractivity contribution in [3.63, 3.8) is 0 Å².